The molecule has 2 aliphatic rings. The van der Waals surface area contributed by atoms with E-state index in [0.717, 1.165) is 83.3 Å². The first-order chi connectivity index (χ1) is 18.7. The largest absolute Gasteiger partial charge is 0.476 e. The van der Waals surface area contributed by atoms with Crippen LogP contribution in [0.2, 0.25) is 0 Å². The van der Waals surface area contributed by atoms with Gasteiger partial charge in [0.15, 0.2) is 11.4 Å². The number of aryl methyl sites for hydroxylation is 1. The minimum atomic E-state index is -0.944. The number of aromatic amines is 1. The molecule has 3 N–H and O–H groups in total. The third kappa shape index (κ3) is 7.38. The lowest BCUT2D eigenvalue weighted by molar-refractivity contribution is 0.0678. The van der Waals surface area contributed by atoms with E-state index in [4.69, 9.17) is 5.11 Å². The van der Waals surface area contributed by atoms with Crippen LogP contribution in [-0.2, 0) is 25.7 Å². The van der Waals surface area contributed by atoms with Crippen LogP contribution in [0.4, 0.5) is 4.39 Å². The van der Waals surface area contributed by atoms with Crippen molar-refractivity contribution in [2.24, 2.45) is 0 Å². The second kappa shape index (κ2) is 13.4. The smallest absolute Gasteiger partial charge is 0.356 e. The van der Waals surface area contributed by atoms with Crippen LogP contribution in [0.15, 0.2) is 36.7 Å². The zero-order valence-electron chi connectivity index (χ0n) is 20.7. The molecule has 0 aromatic carbocycles. The standard InChI is InChI=1S/C13H12IN3O2.C8H10N2O2.C5H3FIN/c14-11-7-8(5-6-15-11)17-10-4-2-1-3-9(10)12(16-17)13(18)19;11-8(12)7-5-3-1-2-4-6(5)9-10-7;6-4-1-2-8-5(7)3-4/h5-7H,1-4H2,(H,18,19);1-4H2,(H,9,10)(H,11,12);1-3H. The molecule has 204 valence electrons. The van der Waals surface area contributed by atoms with Crippen molar-refractivity contribution < 1.29 is 24.2 Å². The summed E-state index contributed by atoms with van der Waals surface area (Å²) in [5.41, 5.74) is 5.14. The van der Waals surface area contributed by atoms with Crippen LogP contribution in [0.25, 0.3) is 5.69 Å². The maximum absolute atomic E-state index is 12.1. The SMILES string of the molecule is Fc1ccnc(I)c1.O=C(O)c1n[nH]c2c1CCCC2.O=C(O)c1nn(-c2ccnc(I)c2)c2c1CCCC2. The highest BCUT2D eigenvalue weighted by Gasteiger charge is 2.25. The summed E-state index contributed by atoms with van der Waals surface area (Å²) < 4.78 is 15.4. The fraction of sp³-hybridized carbons (Fsp3) is 0.308. The number of aromatic carboxylic acids is 2. The lowest BCUT2D eigenvalue weighted by Crippen LogP contribution is -2.08. The number of carboxylic acids is 2. The van der Waals surface area contributed by atoms with Crippen LogP contribution in [-0.4, -0.2) is 52.1 Å². The fourth-order valence-corrected chi connectivity index (χ4v) is 5.48. The molecule has 4 heterocycles. The molecule has 0 fully saturated rings. The Balaban J connectivity index is 0.000000150. The summed E-state index contributed by atoms with van der Waals surface area (Å²) in [6.45, 7) is 0. The molecule has 0 saturated heterocycles. The topological polar surface area (TPSA) is 147 Å². The fourth-order valence-electron chi connectivity index (χ4n) is 4.54. The van der Waals surface area contributed by atoms with Crippen molar-refractivity contribution >= 4 is 57.1 Å². The van der Waals surface area contributed by atoms with E-state index >= 15 is 0 Å². The summed E-state index contributed by atoms with van der Waals surface area (Å²) in [5.74, 6) is -2.10. The van der Waals surface area contributed by atoms with Crippen LogP contribution >= 0.6 is 45.2 Å². The number of carbonyl (C=O) groups is 2. The number of nitrogens with one attached hydrogen (secondary N) is 1. The Kier molecular flexibility index (Phi) is 9.99. The van der Waals surface area contributed by atoms with Gasteiger partial charge in [-0.15, -0.1) is 0 Å². The molecule has 4 aromatic heterocycles. The highest BCUT2D eigenvalue weighted by molar-refractivity contribution is 14.1. The number of hydrogen-bond acceptors (Lipinski definition) is 6. The number of halogens is 3. The van der Waals surface area contributed by atoms with Crippen molar-refractivity contribution in [3.05, 3.63) is 83.8 Å². The van der Waals surface area contributed by atoms with Crippen LogP contribution in [0.1, 0.15) is 69.2 Å². The molecule has 0 unspecified atom stereocenters. The van der Waals surface area contributed by atoms with Gasteiger partial charge in [-0.3, -0.25) is 15.1 Å². The van der Waals surface area contributed by atoms with Crippen molar-refractivity contribution in [1.82, 2.24) is 29.9 Å². The molecule has 0 atom stereocenters. The summed E-state index contributed by atoms with van der Waals surface area (Å²) >= 11 is 4.09. The molecular formula is C26H25FI2N6O4. The van der Waals surface area contributed by atoms with E-state index in [1.807, 2.05) is 34.7 Å². The van der Waals surface area contributed by atoms with Gasteiger partial charge in [-0.05, 0) is 115 Å². The van der Waals surface area contributed by atoms with Crippen LogP contribution in [0.3, 0.4) is 0 Å². The van der Waals surface area contributed by atoms with Crippen LogP contribution in [0.5, 0.6) is 0 Å². The Labute approximate surface area is 250 Å². The number of H-pyrrole nitrogens is 1. The summed E-state index contributed by atoms with van der Waals surface area (Å²) in [6.07, 6.45) is 11.0. The zero-order valence-corrected chi connectivity index (χ0v) is 25.0. The third-order valence-electron chi connectivity index (χ3n) is 6.29. The summed E-state index contributed by atoms with van der Waals surface area (Å²) in [5, 5.41) is 28.9. The first kappa shape index (κ1) is 29.0. The molecule has 39 heavy (non-hydrogen) atoms. The molecule has 0 amide bonds. The van der Waals surface area contributed by atoms with Gasteiger partial charge in [0.05, 0.1) is 5.69 Å². The van der Waals surface area contributed by atoms with Crippen LogP contribution < -0.4 is 0 Å². The number of nitrogens with zero attached hydrogens (tertiary/aromatic N) is 5. The number of carboxylic acid groups (broad SMARTS) is 2. The molecule has 0 spiro atoms. The summed E-state index contributed by atoms with van der Waals surface area (Å²) in [7, 11) is 0. The van der Waals surface area contributed by atoms with Gasteiger partial charge in [0.1, 0.15) is 13.2 Å². The molecule has 0 bridgehead atoms. The van der Waals surface area contributed by atoms with E-state index in [-0.39, 0.29) is 17.2 Å². The lowest BCUT2D eigenvalue weighted by Gasteiger charge is -2.13. The Morgan fingerprint density at radius 1 is 0.846 bits per heavy atom. The van der Waals surface area contributed by atoms with Gasteiger partial charge in [0, 0.05) is 41.0 Å². The van der Waals surface area contributed by atoms with Gasteiger partial charge in [0.25, 0.3) is 0 Å². The average Bonchev–Trinajstić information content (AvgIpc) is 3.52. The van der Waals surface area contributed by atoms with Crippen LogP contribution in [0, 0.1) is 13.2 Å². The maximum Gasteiger partial charge on any atom is 0.356 e. The van der Waals surface area contributed by atoms with Crippen molar-refractivity contribution in [2.75, 3.05) is 0 Å². The second-order valence-corrected chi connectivity index (χ2v) is 11.1. The van der Waals surface area contributed by atoms with Crippen molar-refractivity contribution in [2.45, 2.75) is 51.4 Å². The highest BCUT2D eigenvalue weighted by atomic mass is 127. The number of aromatic nitrogens is 6. The number of fused-ring (bicyclic) bond motifs is 2. The van der Waals surface area contributed by atoms with E-state index in [9.17, 15) is 19.1 Å². The molecule has 0 aliphatic heterocycles. The number of pyridine rings is 2. The van der Waals surface area contributed by atoms with Gasteiger partial charge in [-0.1, -0.05) is 0 Å². The monoisotopic (exact) mass is 758 g/mol. The molecule has 4 aromatic rings. The van der Waals surface area contributed by atoms with Crippen molar-refractivity contribution in [3.63, 3.8) is 0 Å². The van der Waals surface area contributed by atoms with Gasteiger partial charge in [0.2, 0.25) is 0 Å². The Hall–Kier alpha value is -2.95. The molecule has 2 aliphatic carbocycles. The first-order valence-corrected chi connectivity index (χ1v) is 14.4. The van der Waals surface area contributed by atoms with Gasteiger partial charge in [-0.2, -0.15) is 10.2 Å². The molecule has 0 radical (unpaired) electrons. The Bertz CT molecular complexity index is 1470. The van der Waals surface area contributed by atoms with E-state index in [1.165, 1.54) is 18.3 Å². The minimum absolute atomic E-state index is 0.196. The lowest BCUT2D eigenvalue weighted by atomic mass is 9.95. The average molecular weight is 758 g/mol. The van der Waals surface area contributed by atoms with E-state index < -0.39 is 11.9 Å². The van der Waals surface area contributed by atoms with E-state index in [0.29, 0.717) is 3.70 Å². The van der Waals surface area contributed by atoms with Gasteiger partial charge in [-0.25, -0.2) is 18.7 Å². The predicted molar refractivity (Wildman–Crippen MR) is 157 cm³/mol. The first-order valence-electron chi connectivity index (χ1n) is 12.3. The molecule has 10 nitrogen and oxygen atoms in total. The summed E-state index contributed by atoms with van der Waals surface area (Å²) in [4.78, 5) is 29.9. The summed E-state index contributed by atoms with van der Waals surface area (Å²) in [6, 6.07) is 6.46. The second-order valence-electron chi connectivity index (χ2n) is 8.87. The highest BCUT2D eigenvalue weighted by Crippen LogP contribution is 2.27. The van der Waals surface area contributed by atoms with Crippen molar-refractivity contribution in [1.29, 1.82) is 0 Å². The quantitative estimate of drug-likeness (QED) is 0.190. The van der Waals surface area contributed by atoms with E-state index in [2.05, 4.69) is 47.9 Å². The number of hydrogen-bond donors (Lipinski definition) is 3. The molecule has 6 rings (SSSR count). The molecular weight excluding hydrogens is 733 g/mol. The third-order valence-corrected chi connectivity index (χ3v) is 7.46. The minimum Gasteiger partial charge on any atom is -0.476 e. The Morgan fingerprint density at radius 2 is 1.46 bits per heavy atom. The predicted octanol–water partition coefficient (Wildman–Crippen LogP) is 5.26. The molecule has 13 heteroatoms. The molecule has 0 saturated carbocycles. The van der Waals surface area contributed by atoms with Gasteiger partial charge >= 0.3 is 11.9 Å². The maximum atomic E-state index is 12.1. The zero-order chi connectivity index (χ0) is 27.9. The van der Waals surface area contributed by atoms with Gasteiger partial charge < -0.3 is 10.2 Å². The van der Waals surface area contributed by atoms with E-state index in [1.54, 1.807) is 10.9 Å². The Morgan fingerprint density at radius 3 is 2.08 bits per heavy atom. The normalized spacial score (nSPS) is 13.6. The number of rotatable bonds is 3. The van der Waals surface area contributed by atoms with Crippen molar-refractivity contribution in [3.8, 4) is 5.69 Å².